The number of benzene rings is 2. The van der Waals surface area contributed by atoms with Gasteiger partial charge in [-0.25, -0.2) is 9.59 Å². The highest BCUT2D eigenvalue weighted by atomic mass is 35.5. The minimum atomic E-state index is -0.794. The molecule has 34 heavy (non-hydrogen) atoms. The largest absolute Gasteiger partial charge is 0.497 e. The first-order valence-electron chi connectivity index (χ1n) is 10.9. The molecule has 6 nitrogen and oxygen atoms in total. The van der Waals surface area contributed by atoms with Crippen LogP contribution in [0.1, 0.15) is 39.2 Å². The van der Waals surface area contributed by atoms with E-state index < -0.39 is 17.9 Å². The van der Waals surface area contributed by atoms with Crippen LogP contribution in [0.4, 0.5) is 5.69 Å². The van der Waals surface area contributed by atoms with Crippen molar-refractivity contribution in [2.75, 3.05) is 25.2 Å². The predicted octanol–water partition coefficient (Wildman–Crippen LogP) is 6.28. The Morgan fingerprint density at radius 2 is 1.41 bits per heavy atom. The molecule has 0 aromatic heterocycles. The average Bonchev–Trinajstić information content (AvgIpc) is 2.79. The van der Waals surface area contributed by atoms with E-state index in [-0.39, 0.29) is 13.2 Å². The molecule has 0 saturated heterocycles. The average molecular weight is 504 g/mol. The molecule has 3 rings (SSSR count). The Hall–Kier alpha value is -2.96. The molecule has 0 radical (unpaired) electrons. The first-order chi connectivity index (χ1) is 16.2. The van der Waals surface area contributed by atoms with Gasteiger partial charge in [0, 0.05) is 27.1 Å². The maximum atomic E-state index is 13.3. The van der Waals surface area contributed by atoms with E-state index in [4.69, 9.17) is 37.4 Å². The topological polar surface area (TPSA) is 65.1 Å². The van der Waals surface area contributed by atoms with Crippen LogP contribution in [0.5, 0.6) is 5.75 Å². The molecular formula is C26H27Cl2NO5. The van der Waals surface area contributed by atoms with Gasteiger partial charge in [-0.3, -0.25) is 0 Å². The van der Waals surface area contributed by atoms with Crippen molar-refractivity contribution in [1.29, 1.82) is 0 Å². The van der Waals surface area contributed by atoms with Crippen molar-refractivity contribution in [1.82, 2.24) is 0 Å². The van der Waals surface area contributed by atoms with Crippen LogP contribution in [-0.2, 0) is 19.1 Å². The molecule has 1 aliphatic heterocycles. The molecule has 2 aromatic rings. The zero-order valence-corrected chi connectivity index (χ0v) is 21.3. The first-order valence-corrected chi connectivity index (χ1v) is 11.7. The third-order valence-electron chi connectivity index (χ3n) is 5.62. The Labute approximate surface area is 209 Å². The highest BCUT2D eigenvalue weighted by Gasteiger charge is 2.41. The van der Waals surface area contributed by atoms with E-state index in [0.29, 0.717) is 43.9 Å². The fourth-order valence-corrected chi connectivity index (χ4v) is 4.69. The zero-order chi connectivity index (χ0) is 25.0. The summed E-state index contributed by atoms with van der Waals surface area (Å²) >= 11 is 12.7. The normalized spacial score (nSPS) is 14.4. The number of esters is 2. The van der Waals surface area contributed by atoms with Crippen molar-refractivity contribution in [3.63, 3.8) is 0 Å². The lowest BCUT2D eigenvalue weighted by atomic mass is 9.79. The molecule has 0 fully saturated rings. The molecule has 0 unspecified atom stereocenters. The van der Waals surface area contributed by atoms with E-state index >= 15 is 0 Å². The van der Waals surface area contributed by atoms with Crippen molar-refractivity contribution in [2.24, 2.45) is 0 Å². The number of carbonyl (C=O) groups excluding carboxylic acids is 2. The van der Waals surface area contributed by atoms with Gasteiger partial charge in [-0.05, 0) is 69.7 Å². The third-order valence-corrected chi connectivity index (χ3v) is 6.18. The number of methoxy groups -OCH3 is 1. The Morgan fingerprint density at radius 3 is 1.85 bits per heavy atom. The van der Waals surface area contributed by atoms with Gasteiger partial charge in [-0.15, -0.1) is 0 Å². The Morgan fingerprint density at radius 1 is 0.882 bits per heavy atom. The maximum absolute atomic E-state index is 13.3. The quantitative estimate of drug-likeness (QED) is 0.414. The van der Waals surface area contributed by atoms with Crippen LogP contribution < -0.4 is 9.64 Å². The molecule has 8 heteroatoms. The molecular weight excluding hydrogens is 477 g/mol. The van der Waals surface area contributed by atoms with E-state index in [1.807, 2.05) is 43.0 Å². The van der Waals surface area contributed by atoms with E-state index in [9.17, 15) is 9.59 Å². The lowest BCUT2D eigenvalue weighted by Gasteiger charge is -2.38. The number of carbonyl (C=O) groups is 2. The number of rotatable bonds is 7. The highest BCUT2D eigenvalue weighted by molar-refractivity contribution is 6.35. The van der Waals surface area contributed by atoms with Crippen molar-refractivity contribution in [2.45, 2.75) is 33.6 Å². The number of allylic oxidation sites excluding steroid dienone is 2. The van der Waals surface area contributed by atoms with Crippen LogP contribution in [-0.4, -0.2) is 32.3 Å². The van der Waals surface area contributed by atoms with Gasteiger partial charge < -0.3 is 19.1 Å². The van der Waals surface area contributed by atoms with E-state index in [0.717, 1.165) is 5.69 Å². The fourth-order valence-electron chi connectivity index (χ4n) is 4.17. The Balaban J connectivity index is 2.33. The second-order valence-corrected chi connectivity index (χ2v) is 8.42. The van der Waals surface area contributed by atoms with Gasteiger partial charge in [-0.2, -0.15) is 0 Å². The van der Waals surface area contributed by atoms with Crippen LogP contribution in [0.2, 0.25) is 10.0 Å². The lowest BCUT2D eigenvalue weighted by Crippen LogP contribution is -2.35. The fraction of sp³-hybridized carbons (Fsp3) is 0.308. The minimum Gasteiger partial charge on any atom is -0.497 e. The van der Waals surface area contributed by atoms with Gasteiger partial charge in [0.15, 0.2) is 0 Å². The number of halogens is 2. The predicted molar refractivity (Wildman–Crippen MR) is 133 cm³/mol. The van der Waals surface area contributed by atoms with Crippen molar-refractivity contribution in [3.05, 3.63) is 80.6 Å². The lowest BCUT2D eigenvalue weighted by molar-refractivity contribution is -0.139. The monoisotopic (exact) mass is 503 g/mol. The summed E-state index contributed by atoms with van der Waals surface area (Å²) < 4.78 is 16.1. The molecule has 1 heterocycles. The maximum Gasteiger partial charge on any atom is 0.336 e. The SMILES string of the molecule is CCOC(=O)C1=C(C)N(c2ccc(OC)cc2)C(C)=C(C(=O)OCC)C1c1ccc(Cl)cc1Cl. The van der Waals surface area contributed by atoms with Crippen molar-refractivity contribution >= 4 is 40.8 Å². The van der Waals surface area contributed by atoms with Crippen LogP contribution in [0.25, 0.3) is 0 Å². The van der Waals surface area contributed by atoms with Crippen LogP contribution >= 0.6 is 23.2 Å². The van der Waals surface area contributed by atoms with Crippen molar-refractivity contribution in [3.8, 4) is 5.75 Å². The van der Waals surface area contributed by atoms with E-state index in [2.05, 4.69) is 0 Å². The number of hydrogen-bond acceptors (Lipinski definition) is 6. The summed E-state index contributed by atoms with van der Waals surface area (Å²) in [6, 6.07) is 12.3. The molecule has 0 bridgehead atoms. The Bertz CT molecular complexity index is 1110. The smallest absolute Gasteiger partial charge is 0.336 e. The van der Waals surface area contributed by atoms with Crippen molar-refractivity contribution < 1.29 is 23.8 Å². The summed E-state index contributed by atoms with van der Waals surface area (Å²) in [6.45, 7) is 7.45. The molecule has 2 aromatic carbocycles. The number of hydrogen-bond donors (Lipinski definition) is 0. The number of ether oxygens (including phenoxy) is 3. The standard InChI is InChI=1S/C26H27Cl2NO5/c1-6-33-25(30)22-15(3)29(18-9-11-19(32-5)12-10-18)16(4)23(26(31)34-7-2)24(22)20-13-8-17(27)14-21(20)28/h8-14,24H,6-7H2,1-5H3. The first kappa shape index (κ1) is 25.7. The Kier molecular flexibility index (Phi) is 8.28. The molecule has 0 saturated carbocycles. The molecule has 0 atom stereocenters. The summed E-state index contributed by atoms with van der Waals surface area (Å²) in [4.78, 5) is 28.5. The molecule has 180 valence electrons. The summed E-state index contributed by atoms with van der Waals surface area (Å²) in [5.74, 6) is -1.18. The number of anilines is 1. The van der Waals surface area contributed by atoms with Gasteiger partial charge in [-0.1, -0.05) is 29.3 Å². The van der Waals surface area contributed by atoms with Crippen LogP contribution in [0.15, 0.2) is 65.0 Å². The number of nitrogens with zero attached hydrogens (tertiary/aromatic N) is 1. The molecule has 0 spiro atoms. The molecule has 0 aliphatic carbocycles. The summed E-state index contributed by atoms with van der Waals surface area (Å²) in [5.41, 5.74) is 3.15. The summed E-state index contributed by atoms with van der Waals surface area (Å²) in [5, 5.41) is 0.779. The van der Waals surface area contributed by atoms with Gasteiger partial charge in [0.25, 0.3) is 0 Å². The summed E-state index contributed by atoms with van der Waals surface area (Å²) in [7, 11) is 1.59. The van der Waals surface area contributed by atoms with E-state index in [1.54, 1.807) is 39.2 Å². The van der Waals surface area contributed by atoms with Gasteiger partial charge in [0.1, 0.15) is 5.75 Å². The molecule has 0 amide bonds. The third kappa shape index (κ3) is 4.93. The van der Waals surface area contributed by atoms with Crippen LogP contribution in [0.3, 0.4) is 0 Å². The highest BCUT2D eigenvalue weighted by Crippen LogP contribution is 2.46. The second kappa shape index (κ2) is 11.0. The zero-order valence-electron chi connectivity index (χ0n) is 19.8. The minimum absolute atomic E-state index is 0.177. The summed E-state index contributed by atoms with van der Waals surface area (Å²) in [6.07, 6.45) is 0. The van der Waals surface area contributed by atoms with E-state index in [1.165, 1.54) is 0 Å². The van der Waals surface area contributed by atoms with Gasteiger partial charge >= 0.3 is 11.9 Å². The van der Waals surface area contributed by atoms with Crippen LogP contribution in [0, 0.1) is 0 Å². The van der Waals surface area contributed by atoms with Gasteiger partial charge in [0.05, 0.1) is 37.4 Å². The molecule has 0 N–H and O–H groups in total. The van der Waals surface area contributed by atoms with Gasteiger partial charge in [0.2, 0.25) is 0 Å². The molecule has 1 aliphatic rings. The second-order valence-electron chi connectivity index (χ2n) is 7.57.